The summed E-state index contributed by atoms with van der Waals surface area (Å²) >= 11 is 17.7. The summed E-state index contributed by atoms with van der Waals surface area (Å²) in [6.45, 7) is 2.53. The average molecular weight is 688 g/mol. The first-order valence-corrected chi connectivity index (χ1v) is 14.9. The fourth-order valence-corrected chi connectivity index (χ4v) is 4.39. The van der Waals surface area contributed by atoms with Crippen molar-refractivity contribution in [1.82, 2.24) is 0 Å². The Morgan fingerprint density at radius 3 is 1.43 bits per heavy atom. The SMILES string of the molecule is NC(Cc1ccc(N(CCCl)CCOC(=O)C(N)Cc2ccc(N(CCCl)CCCl)cc2)cc1)C(=O)O.O=C(O)C(F)(F)F. The van der Waals surface area contributed by atoms with Gasteiger partial charge in [0.15, 0.2) is 0 Å². The summed E-state index contributed by atoms with van der Waals surface area (Å²) in [7, 11) is 0. The third kappa shape index (κ3) is 14.7. The average Bonchev–Trinajstić information content (AvgIpc) is 2.97. The van der Waals surface area contributed by atoms with E-state index < -0.39 is 36.2 Å². The Labute approximate surface area is 268 Å². The van der Waals surface area contributed by atoms with Crippen molar-refractivity contribution in [2.75, 3.05) is 60.2 Å². The topological polar surface area (TPSA) is 159 Å². The van der Waals surface area contributed by atoms with Crippen molar-refractivity contribution in [3.05, 3.63) is 59.7 Å². The number of carbonyl (C=O) groups is 3. The highest BCUT2D eigenvalue weighted by Crippen LogP contribution is 2.18. The smallest absolute Gasteiger partial charge is 0.480 e. The van der Waals surface area contributed by atoms with E-state index in [-0.39, 0.29) is 13.0 Å². The lowest BCUT2D eigenvalue weighted by molar-refractivity contribution is -0.192. The minimum Gasteiger partial charge on any atom is -0.480 e. The van der Waals surface area contributed by atoms with Crippen LogP contribution in [0.4, 0.5) is 24.5 Å². The second kappa shape index (κ2) is 20.1. The Kier molecular flexibility index (Phi) is 17.9. The van der Waals surface area contributed by atoms with Gasteiger partial charge >= 0.3 is 24.1 Å². The second-order valence-electron chi connectivity index (χ2n) is 9.30. The molecule has 10 nitrogen and oxygen atoms in total. The number of rotatable bonds is 17. The highest BCUT2D eigenvalue weighted by atomic mass is 35.5. The van der Waals surface area contributed by atoms with E-state index in [4.69, 9.17) is 66.0 Å². The molecule has 2 atom stereocenters. The van der Waals surface area contributed by atoms with Gasteiger partial charge in [-0.3, -0.25) is 9.59 Å². The first-order valence-electron chi connectivity index (χ1n) is 13.3. The number of hydrogen-bond acceptors (Lipinski definition) is 8. The molecule has 0 bridgehead atoms. The lowest BCUT2D eigenvalue weighted by Crippen LogP contribution is -2.37. The van der Waals surface area contributed by atoms with Crippen LogP contribution in [0, 0.1) is 0 Å². The van der Waals surface area contributed by atoms with Crippen LogP contribution in [0.1, 0.15) is 11.1 Å². The third-order valence-corrected chi connectivity index (χ3v) is 6.55. The number of halogens is 6. The summed E-state index contributed by atoms with van der Waals surface area (Å²) < 4.78 is 37.2. The molecule has 0 saturated heterocycles. The number of carboxylic acid groups (broad SMARTS) is 2. The maximum Gasteiger partial charge on any atom is 0.490 e. The van der Waals surface area contributed by atoms with Crippen molar-refractivity contribution >= 4 is 64.1 Å². The quantitative estimate of drug-likeness (QED) is 0.143. The third-order valence-electron chi connectivity index (χ3n) is 6.05. The Hall–Kier alpha value is -2.97. The molecule has 2 aromatic carbocycles. The van der Waals surface area contributed by atoms with E-state index in [1.165, 1.54) is 0 Å². The zero-order valence-corrected chi connectivity index (χ0v) is 26.0. The molecular weight excluding hydrogens is 652 g/mol. The minimum absolute atomic E-state index is 0.153. The summed E-state index contributed by atoms with van der Waals surface area (Å²) in [5, 5.41) is 16.1. The van der Waals surface area contributed by atoms with E-state index in [0.29, 0.717) is 50.2 Å². The number of aliphatic carboxylic acids is 2. The molecule has 2 aromatic rings. The van der Waals surface area contributed by atoms with Crippen LogP contribution in [-0.2, 0) is 32.0 Å². The van der Waals surface area contributed by atoms with Crippen molar-refractivity contribution < 1.29 is 42.5 Å². The highest BCUT2D eigenvalue weighted by molar-refractivity contribution is 6.18. The van der Waals surface area contributed by atoms with Gasteiger partial charge in [-0.25, -0.2) is 4.79 Å². The predicted octanol–water partition coefficient (Wildman–Crippen LogP) is 3.72. The highest BCUT2D eigenvalue weighted by Gasteiger charge is 2.38. The van der Waals surface area contributed by atoms with E-state index >= 15 is 0 Å². The molecule has 6 N–H and O–H groups in total. The molecule has 0 heterocycles. The van der Waals surface area contributed by atoms with Gasteiger partial charge in [-0.15, -0.1) is 34.8 Å². The Morgan fingerprint density at radius 2 is 1.09 bits per heavy atom. The molecule has 44 heavy (non-hydrogen) atoms. The predicted molar refractivity (Wildman–Crippen MR) is 165 cm³/mol. The fourth-order valence-electron chi connectivity index (χ4n) is 3.77. The van der Waals surface area contributed by atoms with Crippen LogP contribution < -0.4 is 21.3 Å². The van der Waals surface area contributed by atoms with Gasteiger partial charge in [0.05, 0.1) is 6.54 Å². The summed E-state index contributed by atoms with van der Waals surface area (Å²) in [5.41, 5.74) is 15.3. The molecule has 0 saturated carbocycles. The molecule has 0 amide bonds. The minimum atomic E-state index is -5.08. The van der Waals surface area contributed by atoms with Crippen LogP contribution in [0.15, 0.2) is 48.5 Å². The molecule has 0 aliphatic rings. The van der Waals surface area contributed by atoms with Crippen LogP contribution in [0.25, 0.3) is 0 Å². The van der Waals surface area contributed by atoms with Crippen LogP contribution in [0.3, 0.4) is 0 Å². The molecular formula is C28H36Cl3F3N4O6. The maximum atomic E-state index is 12.5. The van der Waals surface area contributed by atoms with Gasteiger partial charge in [-0.1, -0.05) is 24.3 Å². The number of anilines is 2. The van der Waals surface area contributed by atoms with Gasteiger partial charge in [0, 0.05) is 48.6 Å². The summed E-state index contributed by atoms with van der Waals surface area (Å²) in [4.78, 5) is 36.4. The van der Waals surface area contributed by atoms with Crippen molar-refractivity contribution in [2.45, 2.75) is 31.1 Å². The number of benzene rings is 2. The van der Waals surface area contributed by atoms with Crippen molar-refractivity contribution in [2.24, 2.45) is 11.5 Å². The summed E-state index contributed by atoms with van der Waals surface area (Å²) in [5.74, 6) is -2.87. The number of carboxylic acids is 2. The van der Waals surface area contributed by atoms with Crippen molar-refractivity contribution in [3.8, 4) is 0 Å². The van der Waals surface area contributed by atoms with E-state index in [1.54, 1.807) is 0 Å². The van der Waals surface area contributed by atoms with E-state index in [2.05, 4.69) is 4.90 Å². The maximum absolute atomic E-state index is 12.5. The summed E-state index contributed by atoms with van der Waals surface area (Å²) in [6, 6.07) is 13.5. The molecule has 2 unspecified atom stereocenters. The molecule has 0 fully saturated rings. The molecule has 0 radical (unpaired) electrons. The van der Waals surface area contributed by atoms with Crippen LogP contribution >= 0.6 is 34.8 Å². The van der Waals surface area contributed by atoms with Gasteiger partial charge in [0.1, 0.15) is 18.7 Å². The Bertz CT molecular complexity index is 1150. The van der Waals surface area contributed by atoms with E-state index in [1.807, 2.05) is 53.4 Å². The van der Waals surface area contributed by atoms with E-state index in [0.717, 1.165) is 22.5 Å². The molecule has 0 aliphatic carbocycles. The number of esters is 1. The van der Waals surface area contributed by atoms with Crippen LogP contribution in [0.2, 0.25) is 0 Å². The zero-order chi connectivity index (χ0) is 33.3. The second-order valence-corrected chi connectivity index (χ2v) is 10.4. The van der Waals surface area contributed by atoms with Gasteiger partial charge in [0.25, 0.3) is 0 Å². The standard InChI is InChI=1S/C26H35Cl3N4O4.C2HF3O2/c27-9-12-32(13-10-28)21-5-3-20(4-6-21)18-24(31)26(36)37-16-15-33(14-11-29)22-7-1-19(2-8-22)17-23(30)25(34)35;3-2(4,5)1(6)7/h1-8,23-24H,9-18,30-31H2,(H,34,35);(H,6,7). The largest absolute Gasteiger partial charge is 0.490 e. The number of nitrogens with zero attached hydrogens (tertiary/aromatic N) is 2. The lowest BCUT2D eigenvalue weighted by atomic mass is 10.1. The molecule has 2 rings (SSSR count). The number of alkyl halides is 6. The number of nitrogens with two attached hydrogens (primary N) is 2. The Balaban J connectivity index is 0.00000123. The first kappa shape index (κ1) is 39.1. The van der Waals surface area contributed by atoms with Crippen molar-refractivity contribution in [1.29, 1.82) is 0 Å². The molecule has 0 spiro atoms. The van der Waals surface area contributed by atoms with Gasteiger partial charge < -0.3 is 36.2 Å². The lowest BCUT2D eigenvalue weighted by Gasteiger charge is -2.24. The normalized spacial score (nSPS) is 12.4. The first-order chi connectivity index (χ1) is 20.7. The fraction of sp³-hybridized carbons (Fsp3) is 0.464. The number of carbonyl (C=O) groups excluding carboxylic acids is 1. The van der Waals surface area contributed by atoms with Gasteiger partial charge in [-0.2, -0.15) is 13.2 Å². The molecule has 0 aromatic heterocycles. The van der Waals surface area contributed by atoms with E-state index in [9.17, 15) is 22.8 Å². The van der Waals surface area contributed by atoms with Crippen LogP contribution in [0.5, 0.6) is 0 Å². The van der Waals surface area contributed by atoms with Gasteiger partial charge in [0.2, 0.25) is 0 Å². The Morgan fingerprint density at radius 1 is 0.727 bits per heavy atom. The molecule has 16 heteroatoms. The number of ether oxygens (including phenoxy) is 1. The summed E-state index contributed by atoms with van der Waals surface area (Å²) in [6.07, 6.45) is -4.49. The van der Waals surface area contributed by atoms with Crippen LogP contribution in [-0.4, -0.2) is 96.8 Å². The monoisotopic (exact) mass is 686 g/mol. The van der Waals surface area contributed by atoms with Gasteiger partial charge in [-0.05, 0) is 48.2 Å². The molecule has 246 valence electrons. The zero-order valence-electron chi connectivity index (χ0n) is 23.7. The molecule has 0 aliphatic heterocycles. The van der Waals surface area contributed by atoms with Crippen molar-refractivity contribution in [3.63, 3.8) is 0 Å². The number of hydrogen-bond donors (Lipinski definition) is 4.